The van der Waals surface area contributed by atoms with Gasteiger partial charge in [0.2, 0.25) is 11.8 Å². The lowest BCUT2D eigenvalue weighted by atomic mass is 9.97. The van der Waals surface area contributed by atoms with Gasteiger partial charge in [0.05, 0.1) is 12.6 Å². The second kappa shape index (κ2) is 9.05. The number of hydrogen-bond donors (Lipinski definition) is 1. The van der Waals surface area contributed by atoms with Crippen molar-refractivity contribution in [3.8, 4) is 0 Å². The maximum Gasteiger partial charge on any atom is 0.240 e. The largest absolute Gasteiger partial charge is 0.339 e. The minimum atomic E-state index is -0.0218. The van der Waals surface area contributed by atoms with Gasteiger partial charge in [-0.05, 0) is 37.8 Å². The van der Waals surface area contributed by atoms with Gasteiger partial charge in [0.1, 0.15) is 0 Å². The van der Waals surface area contributed by atoms with E-state index in [0.29, 0.717) is 13.1 Å². The van der Waals surface area contributed by atoms with Crippen LogP contribution in [0.5, 0.6) is 0 Å². The van der Waals surface area contributed by atoms with E-state index >= 15 is 0 Å². The van der Waals surface area contributed by atoms with Crippen molar-refractivity contribution in [3.05, 3.63) is 35.9 Å². The van der Waals surface area contributed by atoms with Gasteiger partial charge in [0, 0.05) is 38.8 Å². The van der Waals surface area contributed by atoms with E-state index < -0.39 is 0 Å². The third-order valence-corrected chi connectivity index (χ3v) is 6.40. The monoisotopic (exact) mass is 384 g/mol. The Balaban J connectivity index is 1.42. The summed E-state index contributed by atoms with van der Waals surface area (Å²) in [7, 11) is 0. The standard InChI is InChI=1S/C22H32N4O2/c27-21-15-23-11-14-26(21)19-9-6-13-25(17-19)22(28)20-10-4-5-12-24(20)16-18-7-2-1-3-8-18/h1-3,7-8,19-20,23H,4-6,9-17H2. The van der Waals surface area contributed by atoms with Crippen LogP contribution in [0.25, 0.3) is 0 Å². The van der Waals surface area contributed by atoms with Crippen LogP contribution in [0.4, 0.5) is 0 Å². The number of carbonyl (C=O) groups excluding carboxylic acids is 2. The normalized spacial score (nSPS) is 27.1. The Morgan fingerprint density at radius 3 is 2.71 bits per heavy atom. The maximum atomic E-state index is 13.4. The zero-order chi connectivity index (χ0) is 19.3. The molecule has 0 bridgehead atoms. The van der Waals surface area contributed by atoms with E-state index in [1.807, 2.05) is 15.9 Å². The van der Waals surface area contributed by atoms with Crippen LogP contribution < -0.4 is 5.32 Å². The molecule has 152 valence electrons. The highest BCUT2D eigenvalue weighted by Crippen LogP contribution is 2.24. The third-order valence-electron chi connectivity index (χ3n) is 6.40. The summed E-state index contributed by atoms with van der Waals surface area (Å²) in [5, 5.41) is 3.14. The quantitative estimate of drug-likeness (QED) is 0.854. The molecular weight excluding hydrogens is 352 g/mol. The van der Waals surface area contributed by atoms with Gasteiger partial charge in [-0.1, -0.05) is 36.8 Å². The second-order valence-electron chi connectivity index (χ2n) is 8.31. The molecule has 6 nitrogen and oxygen atoms in total. The maximum absolute atomic E-state index is 13.4. The number of likely N-dealkylation sites (tertiary alicyclic amines) is 2. The van der Waals surface area contributed by atoms with Crippen LogP contribution in [0.2, 0.25) is 0 Å². The third kappa shape index (κ3) is 4.39. The molecule has 2 amide bonds. The predicted molar refractivity (Wildman–Crippen MR) is 109 cm³/mol. The number of nitrogens with zero attached hydrogens (tertiary/aromatic N) is 3. The molecule has 6 heteroatoms. The fraction of sp³-hybridized carbons (Fsp3) is 0.636. The minimum Gasteiger partial charge on any atom is -0.339 e. The summed E-state index contributed by atoms with van der Waals surface area (Å²) in [4.78, 5) is 32.1. The molecule has 3 fully saturated rings. The van der Waals surface area contributed by atoms with Crippen molar-refractivity contribution in [2.24, 2.45) is 0 Å². The highest BCUT2D eigenvalue weighted by Gasteiger charge is 2.36. The minimum absolute atomic E-state index is 0.0218. The van der Waals surface area contributed by atoms with Crippen molar-refractivity contribution >= 4 is 11.8 Å². The van der Waals surface area contributed by atoms with Gasteiger partial charge >= 0.3 is 0 Å². The summed E-state index contributed by atoms with van der Waals surface area (Å²) < 4.78 is 0. The number of rotatable bonds is 4. The van der Waals surface area contributed by atoms with Crippen LogP contribution in [0.1, 0.15) is 37.7 Å². The van der Waals surface area contributed by atoms with Gasteiger partial charge < -0.3 is 15.1 Å². The Hall–Kier alpha value is -1.92. The van der Waals surface area contributed by atoms with E-state index in [4.69, 9.17) is 0 Å². The SMILES string of the molecule is O=C(C1CCCCN1Cc1ccccc1)N1CCCC(N2CCNCC2=O)C1. The summed E-state index contributed by atoms with van der Waals surface area (Å²) in [6.45, 7) is 5.38. The van der Waals surface area contributed by atoms with Gasteiger partial charge in [-0.25, -0.2) is 0 Å². The summed E-state index contributed by atoms with van der Waals surface area (Å²) in [5.41, 5.74) is 1.27. The molecule has 1 N–H and O–H groups in total. The van der Waals surface area contributed by atoms with Crippen molar-refractivity contribution in [1.29, 1.82) is 0 Å². The molecule has 4 rings (SSSR count). The Morgan fingerprint density at radius 1 is 1.04 bits per heavy atom. The Morgan fingerprint density at radius 2 is 1.89 bits per heavy atom. The van der Waals surface area contributed by atoms with Crippen LogP contribution in [0.3, 0.4) is 0 Å². The lowest BCUT2D eigenvalue weighted by Gasteiger charge is -2.43. The summed E-state index contributed by atoms with van der Waals surface area (Å²) >= 11 is 0. The van der Waals surface area contributed by atoms with Crippen LogP contribution in [-0.4, -0.2) is 77.9 Å². The number of piperidine rings is 2. The van der Waals surface area contributed by atoms with Crippen molar-refractivity contribution < 1.29 is 9.59 Å². The first-order valence-corrected chi connectivity index (χ1v) is 10.8. The van der Waals surface area contributed by atoms with Crippen molar-refractivity contribution in [3.63, 3.8) is 0 Å². The summed E-state index contributed by atoms with van der Waals surface area (Å²) in [6.07, 6.45) is 5.22. The van der Waals surface area contributed by atoms with Crippen LogP contribution in [0.15, 0.2) is 30.3 Å². The first-order valence-electron chi connectivity index (χ1n) is 10.8. The topological polar surface area (TPSA) is 55.9 Å². The highest BCUT2D eigenvalue weighted by molar-refractivity contribution is 5.82. The molecule has 0 saturated carbocycles. The van der Waals surface area contributed by atoms with Crippen molar-refractivity contribution in [1.82, 2.24) is 20.0 Å². The number of benzene rings is 1. The average Bonchev–Trinajstić information content (AvgIpc) is 2.75. The predicted octanol–water partition coefficient (Wildman–Crippen LogP) is 1.46. The number of nitrogens with one attached hydrogen (secondary N) is 1. The molecule has 1 aromatic carbocycles. The van der Waals surface area contributed by atoms with Crippen LogP contribution in [0, 0.1) is 0 Å². The molecule has 3 saturated heterocycles. The lowest BCUT2D eigenvalue weighted by molar-refractivity contribution is -0.144. The molecular formula is C22H32N4O2. The molecule has 2 atom stereocenters. The highest BCUT2D eigenvalue weighted by atomic mass is 16.2. The molecule has 0 aliphatic carbocycles. The Labute approximate surface area is 167 Å². The molecule has 3 aliphatic heterocycles. The number of carbonyl (C=O) groups is 2. The Kier molecular flexibility index (Phi) is 6.27. The van der Waals surface area contributed by atoms with Gasteiger partial charge in [-0.15, -0.1) is 0 Å². The summed E-state index contributed by atoms with van der Waals surface area (Å²) in [5.74, 6) is 0.442. The lowest BCUT2D eigenvalue weighted by Crippen LogP contribution is -2.59. The first-order chi connectivity index (χ1) is 13.7. The van der Waals surface area contributed by atoms with Gasteiger partial charge in [-0.2, -0.15) is 0 Å². The molecule has 3 aliphatic rings. The Bertz CT molecular complexity index is 680. The fourth-order valence-electron chi connectivity index (χ4n) is 4.91. The average molecular weight is 385 g/mol. The molecule has 3 heterocycles. The number of amides is 2. The smallest absolute Gasteiger partial charge is 0.240 e. The van der Waals surface area contributed by atoms with Gasteiger partial charge in [0.25, 0.3) is 0 Å². The summed E-state index contributed by atoms with van der Waals surface area (Å²) in [6, 6.07) is 10.6. The van der Waals surface area contributed by atoms with E-state index in [-0.39, 0.29) is 23.9 Å². The fourth-order valence-corrected chi connectivity index (χ4v) is 4.91. The number of piperazine rings is 1. The second-order valence-corrected chi connectivity index (χ2v) is 8.31. The van der Waals surface area contributed by atoms with Crippen LogP contribution in [-0.2, 0) is 16.1 Å². The zero-order valence-electron chi connectivity index (χ0n) is 16.7. The van der Waals surface area contributed by atoms with E-state index in [1.54, 1.807) is 0 Å². The molecule has 0 radical (unpaired) electrons. The van der Waals surface area contributed by atoms with E-state index in [1.165, 1.54) is 5.56 Å². The van der Waals surface area contributed by atoms with Crippen LogP contribution >= 0.6 is 0 Å². The molecule has 0 aromatic heterocycles. The van der Waals surface area contributed by atoms with E-state index in [9.17, 15) is 9.59 Å². The molecule has 28 heavy (non-hydrogen) atoms. The van der Waals surface area contributed by atoms with Crippen molar-refractivity contribution in [2.45, 2.75) is 50.7 Å². The molecule has 0 spiro atoms. The molecule has 1 aromatic rings. The zero-order valence-corrected chi connectivity index (χ0v) is 16.7. The van der Waals surface area contributed by atoms with E-state index in [2.05, 4.69) is 34.5 Å². The first kappa shape index (κ1) is 19.4. The van der Waals surface area contributed by atoms with Gasteiger partial charge in [0.15, 0.2) is 0 Å². The van der Waals surface area contributed by atoms with Crippen molar-refractivity contribution in [2.75, 3.05) is 39.3 Å². The number of hydrogen-bond acceptors (Lipinski definition) is 4. The van der Waals surface area contributed by atoms with Gasteiger partial charge in [-0.3, -0.25) is 14.5 Å². The molecule has 2 unspecified atom stereocenters. The van der Waals surface area contributed by atoms with E-state index in [0.717, 1.165) is 64.8 Å².